The van der Waals surface area contributed by atoms with Crippen LogP contribution >= 0.6 is 24.0 Å². The van der Waals surface area contributed by atoms with Gasteiger partial charge in [0.25, 0.3) is 0 Å². The highest BCUT2D eigenvalue weighted by Crippen LogP contribution is 2.15. The van der Waals surface area contributed by atoms with Gasteiger partial charge in [0.05, 0.1) is 0 Å². The van der Waals surface area contributed by atoms with Crippen molar-refractivity contribution in [1.82, 2.24) is 10.2 Å². The van der Waals surface area contributed by atoms with Crippen LogP contribution < -0.4 is 11.1 Å². The standard InChI is InChI=1S/C18H30N4.HI/c1-16-7-5-13-22(15-16)14-6-11-20-18(19)21-12-10-17-8-3-2-4-9-17;/h2-4,8-9,16H,5-7,10-15H2,1H3,(H3,19,20,21);1H. The van der Waals surface area contributed by atoms with E-state index in [1.54, 1.807) is 0 Å². The molecule has 0 spiro atoms. The van der Waals surface area contributed by atoms with Crippen LogP contribution in [0.2, 0.25) is 0 Å². The molecule has 0 amide bonds. The largest absolute Gasteiger partial charge is 0.370 e. The highest BCUT2D eigenvalue weighted by atomic mass is 127. The van der Waals surface area contributed by atoms with Crippen LogP contribution in [0.15, 0.2) is 35.3 Å². The summed E-state index contributed by atoms with van der Waals surface area (Å²) in [4.78, 5) is 6.97. The number of benzene rings is 1. The van der Waals surface area contributed by atoms with Gasteiger partial charge in [-0.1, -0.05) is 37.3 Å². The van der Waals surface area contributed by atoms with Gasteiger partial charge in [-0.3, -0.25) is 4.99 Å². The normalized spacial score (nSPS) is 19.2. The van der Waals surface area contributed by atoms with Crippen molar-refractivity contribution >= 4 is 29.9 Å². The Labute approximate surface area is 157 Å². The summed E-state index contributed by atoms with van der Waals surface area (Å²) in [5.74, 6) is 1.42. The minimum absolute atomic E-state index is 0. The number of likely N-dealkylation sites (tertiary alicyclic amines) is 1. The number of hydrogen-bond donors (Lipinski definition) is 2. The van der Waals surface area contributed by atoms with E-state index < -0.39 is 0 Å². The Balaban J connectivity index is 0.00000264. The molecule has 0 radical (unpaired) electrons. The maximum absolute atomic E-state index is 5.90. The first-order valence-corrected chi connectivity index (χ1v) is 8.54. The lowest BCUT2D eigenvalue weighted by atomic mass is 10.0. The minimum atomic E-state index is 0. The zero-order chi connectivity index (χ0) is 15.6. The number of aliphatic imine (C=N–C) groups is 1. The maximum Gasteiger partial charge on any atom is 0.188 e. The molecule has 2 rings (SSSR count). The van der Waals surface area contributed by atoms with Gasteiger partial charge in [-0.05, 0) is 50.3 Å². The van der Waals surface area contributed by atoms with E-state index in [1.807, 2.05) is 6.07 Å². The van der Waals surface area contributed by atoms with Crippen molar-refractivity contribution in [2.45, 2.75) is 32.6 Å². The molecule has 0 aliphatic carbocycles. The van der Waals surface area contributed by atoms with Gasteiger partial charge in [0.1, 0.15) is 0 Å². The lowest BCUT2D eigenvalue weighted by molar-refractivity contribution is 0.183. The van der Waals surface area contributed by atoms with E-state index in [1.165, 1.54) is 31.5 Å². The molecular formula is C18H31IN4. The third-order valence-corrected chi connectivity index (χ3v) is 4.22. The molecule has 1 fully saturated rings. The van der Waals surface area contributed by atoms with Crippen LogP contribution in [0.1, 0.15) is 31.7 Å². The van der Waals surface area contributed by atoms with Crippen LogP contribution in [0.5, 0.6) is 0 Å². The first kappa shape index (κ1) is 20.2. The van der Waals surface area contributed by atoms with E-state index in [-0.39, 0.29) is 24.0 Å². The van der Waals surface area contributed by atoms with Gasteiger partial charge in [0, 0.05) is 19.6 Å². The Bertz CT molecular complexity index is 450. The van der Waals surface area contributed by atoms with Gasteiger partial charge in [-0.2, -0.15) is 0 Å². The second-order valence-electron chi connectivity index (χ2n) is 6.33. The maximum atomic E-state index is 5.90. The molecule has 1 unspecified atom stereocenters. The van der Waals surface area contributed by atoms with Gasteiger partial charge < -0.3 is 16.0 Å². The average molecular weight is 430 g/mol. The van der Waals surface area contributed by atoms with Crippen molar-refractivity contribution in [1.29, 1.82) is 0 Å². The molecule has 0 aromatic heterocycles. The number of nitrogens with one attached hydrogen (secondary N) is 1. The summed E-state index contributed by atoms with van der Waals surface area (Å²) in [7, 11) is 0. The third kappa shape index (κ3) is 8.55. The molecule has 1 atom stereocenters. The van der Waals surface area contributed by atoms with Crippen molar-refractivity contribution in [2.75, 3.05) is 32.7 Å². The van der Waals surface area contributed by atoms with E-state index in [2.05, 4.69) is 46.4 Å². The van der Waals surface area contributed by atoms with Crippen molar-refractivity contribution in [3.8, 4) is 0 Å². The Morgan fingerprint density at radius 3 is 2.87 bits per heavy atom. The number of nitrogens with zero attached hydrogens (tertiary/aromatic N) is 2. The lowest BCUT2D eigenvalue weighted by Gasteiger charge is -2.30. The molecule has 1 aromatic rings. The molecule has 0 bridgehead atoms. The predicted molar refractivity (Wildman–Crippen MR) is 110 cm³/mol. The summed E-state index contributed by atoms with van der Waals surface area (Å²) in [6.45, 7) is 7.63. The molecule has 5 heteroatoms. The molecule has 1 aromatic carbocycles. The van der Waals surface area contributed by atoms with Gasteiger partial charge in [-0.15, -0.1) is 24.0 Å². The molecule has 0 saturated carbocycles. The van der Waals surface area contributed by atoms with Crippen LogP contribution in [0.25, 0.3) is 0 Å². The molecule has 1 heterocycles. The van der Waals surface area contributed by atoms with Crippen LogP contribution in [-0.2, 0) is 6.42 Å². The van der Waals surface area contributed by atoms with Crippen LogP contribution in [0.4, 0.5) is 0 Å². The summed E-state index contributed by atoms with van der Waals surface area (Å²) < 4.78 is 0. The number of piperidine rings is 1. The van der Waals surface area contributed by atoms with E-state index in [0.717, 1.165) is 38.4 Å². The van der Waals surface area contributed by atoms with E-state index in [9.17, 15) is 0 Å². The molecule has 23 heavy (non-hydrogen) atoms. The molecule has 1 aliphatic rings. The molecular weight excluding hydrogens is 399 g/mol. The average Bonchev–Trinajstić information content (AvgIpc) is 2.53. The Morgan fingerprint density at radius 2 is 2.13 bits per heavy atom. The topological polar surface area (TPSA) is 53.6 Å². The molecule has 4 nitrogen and oxygen atoms in total. The first-order chi connectivity index (χ1) is 10.7. The summed E-state index contributed by atoms with van der Waals surface area (Å²) in [5.41, 5.74) is 7.23. The quantitative estimate of drug-likeness (QED) is 0.303. The second kappa shape index (κ2) is 11.7. The Hall–Kier alpha value is -0.820. The van der Waals surface area contributed by atoms with Gasteiger partial charge in [-0.25, -0.2) is 0 Å². The fraction of sp³-hybridized carbons (Fsp3) is 0.611. The molecule has 1 aliphatic heterocycles. The SMILES string of the molecule is CC1CCCN(CCCN=C(N)NCCc2ccccc2)C1.I. The predicted octanol–water partition coefficient (Wildman–Crippen LogP) is 2.87. The van der Waals surface area contributed by atoms with Gasteiger partial charge >= 0.3 is 0 Å². The Morgan fingerprint density at radius 1 is 1.35 bits per heavy atom. The molecule has 130 valence electrons. The van der Waals surface area contributed by atoms with Crippen LogP contribution in [0.3, 0.4) is 0 Å². The van der Waals surface area contributed by atoms with E-state index >= 15 is 0 Å². The molecule has 1 saturated heterocycles. The van der Waals surface area contributed by atoms with E-state index in [0.29, 0.717) is 5.96 Å². The zero-order valence-corrected chi connectivity index (χ0v) is 16.5. The lowest BCUT2D eigenvalue weighted by Crippen LogP contribution is -2.35. The zero-order valence-electron chi connectivity index (χ0n) is 14.2. The van der Waals surface area contributed by atoms with Crippen molar-refractivity contribution in [3.63, 3.8) is 0 Å². The van der Waals surface area contributed by atoms with E-state index in [4.69, 9.17) is 5.73 Å². The summed E-state index contributed by atoms with van der Waals surface area (Å²) >= 11 is 0. The van der Waals surface area contributed by atoms with Gasteiger partial charge in [0.2, 0.25) is 0 Å². The fourth-order valence-corrected chi connectivity index (χ4v) is 3.02. The fourth-order valence-electron chi connectivity index (χ4n) is 3.02. The number of nitrogens with two attached hydrogens (primary N) is 1. The number of rotatable bonds is 7. The summed E-state index contributed by atoms with van der Waals surface area (Å²) in [5, 5.41) is 3.19. The summed E-state index contributed by atoms with van der Waals surface area (Å²) in [6.07, 6.45) is 4.79. The summed E-state index contributed by atoms with van der Waals surface area (Å²) in [6, 6.07) is 10.4. The van der Waals surface area contributed by atoms with Crippen molar-refractivity contribution in [3.05, 3.63) is 35.9 Å². The Kier molecular flexibility index (Phi) is 10.3. The number of guanidine groups is 1. The first-order valence-electron chi connectivity index (χ1n) is 8.54. The number of hydrogen-bond acceptors (Lipinski definition) is 2. The molecule has 3 N–H and O–H groups in total. The monoisotopic (exact) mass is 430 g/mol. The van der Waals surface area contributed by atoms with Crippen LogP contribution in [0, 0.1) is 5.92 Å². The highest BCUT2D eigenvalue weighted by molar-refractivity contribution is 14.0. The number of halogens is 1. The smallest absolute Gasteiger partial charge is 0.188 e. The minimum Gasteiger partial charge on any atom is -0.370 e. The highest BCUT2D eigenvalue weighted by Gasteiger charge is 2.15. The van der Waals surface area contributed by atoms with Crippen LogP contribution in [-0.4, -0.2) is 43.6 Å². The van der Waals surface area contributed by atoms with Crippen molar-refractivity contribution < 1.29 is 0 Å². The van der Waals surface area contributed by atoms with Crippen molar-refractivity contribution in [2.24, 2.45) is 16.6 Å². The second-order valence-corrected chi connectivity index (χ2v) is 6.33. The van der Waals surface area contributed by atoms with Gasteiger partial charge in [0.15, 0.2) is 5.96 Å². The third-order valence-electron chi connectivity index (χ3n) is 4.22.